The Balaban J connectivity index is 2.24. The summed E-state index contributed by atoms with van der Waals surface area (Å²) in [6.07, 6.45) is 0.587. The fourth-order valence-corrected chi connectivity index (χ4v) is 2.49. The van der Waals surface area contributed by atoms with Gasteiger partial charge in [0.05, 0.1) is 4.92 Å². The highest BCUT2D eigenvalue weighted by molar-refractivity contribution is 14.1. The summed E-state index contributed by atoms with van der Waals surface area (Å²) in [5.41, 5.74) is 0.209. The van der Waals surface area contributed by atoms with Crippen LogP contribution < -0.4 is 5.32 Å². The molecular weight excluding hydrogens is 377 g/mol. The van der Waals surface area contributed by atoms with Crippen molar-refractivity contribution in [2.45, 2.75) is 18.9 Å². The number of carbonyl (C=O) groups excluding carboxylic acids is 2. The molecule has 7 nitrogen and oxygen atoms in total. The van der Waals surface area contributed by atoms with Crippen molar-refractivity contribution >= 4 is 45.8 Å². The molecule has 1 aliphatic heterocycles. The highest BCUT2D eigenvalue weighted by Crippen LogP contribution is 2.28. The molecule has 1 aromatic carbocycles. The molecule has 0 aliphatic carbocycles. The Bertz CT molecular complexity index is 590. The Hall–Kier alpha value is -1.71. The molecule has 0 bridgehead atoms. The summed E-state index contributed by atoms with van der Waals surface area (Å²) < 4.78 is 0.738. The lowest BCUT2D eigenvalue weighted by Crippen LogP contribution is -2.48. The minimum Gasteiger partial charge on any atom is -0.368 e. The molecule has 0 spiro atoms. The van der Waals surface area contributed by atoms with Gasteiger partial charge < -0.3 is 5.32 Å². The van der Waals surface area contributed by atoms with Gasteiger partial charge in [-0.3, -0.25) is 24.6 Å². The van der Waals surface area contributed by atoms with Crippen molar-refractivity contribution in [1.82, 2.24) is 4.90 Å². The third-order valence-corrected chi connectivity index (χ3v) is 3.81. The van der Waals surface area contributed by atoms with Gasteiger partial charge in [0.2, 0.25) is 5.91 Å². The largest absolute Gasteiger partial charge is 0.368 e. The maximum Gasteiger partial charge on any atom is 0.293 e. The van der Waals surface area contributed by atoms with E-state index >= 15 is 0 Å². The van der Waals surface area contributed by atoms with Crippen LogP contribution in [0.25, 0.3) is 0 Å². The van der Waals surface area contributed by atoms with E-state index in [2.05, 4.69) is 5.32 Å². The second kappa shape index (κ2) is 5.73. The summed E-state index contributed by atoms with van der Waals surface area (Å²) in [5, 5.41) is 13.9. The lowest BCUT2D eigenvalue weighted by Gasteiger charge is -2.28. The number of rotatable bonds is 3. The molecule has 1 fully saturated rings. The molecule has 0 aromatic heterocycles. The molecule has 20 heavy (non-hydrogen) atoms. The summed E-state index contributed by atoms with van der Waals surface area (Å²) in [5.74, 6) is -0.598. The van der Waals surface area contributed by atoms with Gasteiger partial charge in [0.25, 0.3) is 11.6 Å². The van der Waals surface area contributed by atoms with Crippen molar-refractivity contribution in [1.29, 1.82) is 0 Å². The quantitative estimate of drug-likeness (QED) is 0.368. The predicted molar refractivity (Wildman–Crippen MR) is 80.2 cm³/mol. The first-order valence-corrected chi connectivity index (χ1v) is 6.99. The molecule has 1 N–H and O–H groups in total. The zero-order chi connectivity index (χ0) is 14.9. The van der Waals surface area contributed by atoms with E-state index in [1.54, 1.807) is 12.1 Å². The van der Waals surface area contributed by atoms with Crippen molar-refractivity contribution in [3.63, 3.8) is 0 Å². The Morgan fingerprint density at radius 3 is 2.80 bits per heavy atom. The van der Waals surface area contributed by atoms with Crippen LogP contribution in [0.3, 0.4) is 0 Å². The Kier molecular flexibility index (Phi) is 4.21. The number of nitro groups is 1. The smallest absolute Gasteiger partial charge is 0.293 e. The van der Waals surface area contributed by atoms with Gasteiger partial charge in [-0.2, -0.15) is 0 Å². The monoisotopic (exact) mass is 389 g/mol. The zero-order valence-electron chi connectivity index (χ0n) is 10.6. The third-order valence-electron chi connectivity index (χ3n) is 3.14. The normalized spacial score (nSPS) is 19.1. The van der Waals surface area contributed by atoms with Crippen LogP contribution >= 0.6 is 22.6 Å². The summed E-state index contributed by atoms with van der Waals surface area (Å²) in [6.45, 7) is 0. The number of piperidine rings is 1. The number of halogens is 1. The molecule has 1 saturated heterocycles. The molecule has 1 aliphatic rings. The van der Waals surface area contributed by atoms with Gasteiger partial charge in [0.15, 0.2) is 0 Å². The Morgan fingerprint density at radius 2 is 2.15 bits per heavy atom. The van der Waals surface area contributed by atoms with Crippen LogP contribution in [0, 0.1) is 13.7 Å². The first-order valence-electron chi connectivity index (χ1n) is 5.91. The SMILES string of the molecule is CN1C(=O)CCC(Nc2ccc(I)cc2[N+](=O)[O-])C1=O. The first-order chi connectivity index (χ1) is 9.40. The van der Waals surface area contributed by atoms with Gasteiger partial charge in [-0.05, 0) is 41.1 Å². The lowest BCUT2D eigenvalue weighted by molar-refractivity contribution is -0.384. The Labute approximate surface area is 128 Å². The van der Waals surface area contributed by atoms with Gasteiger partial charge in [0, 0.05) is 23.1 Å². The molecule has 2 amide bonds. The summed E-state index contributed by atoms with van der Waals surface area (Å²) >= 11 is 1.98. The summed E-state index contributed by atoms with van der Waals surface area (Å²) in [6, 6.07) is 4.11. The number of nitrogens with zero attached hydrogens (tertiary/aromatic N) is 2. The Morgan fingerprint density at radius 1 is 1.45 bits per heavy atom. The first kappa shape index (κ1) is 14.7. The molecule has 8 heteroatoms. The number of likely N-dealkylation sites (N-methyl/N-ethyl adjacent to an activating group) is 1. The second-order valence-corrected chi connectivity index (χ2v) is 5.69. The number of likely N-dealkylation sites (tertiary alicyclic amines) is 1. The van der Waals surface area contributed by atoms with E-state index < -0.39 is 11.0 Å². The maximum atomic E-state index is 12.0. The predicted octanol–water partition coefficient (Wildman–Crippen LogP) is 1.76. The van der Waals surface area contributed by atoms with Gasteiger partial charge in [-0.25, -0.2) is 0 Å². The molecule has 1 heterocycles. The molecule has 0 radical (unpaired) electrons. The van der Waals surface area contributed by atoms with Crippen LogP contribution in [0.5, 0.6) is 0 Å². The van der Waals surface area contributed by atoms with Crippen molar-refractivity contribution in [3.8, 4) is 0 Å². The maximum absolute atomic E-state index is 12.0. The number of hydrogen-bond acceptors (Lipinski definition) is 5. The van der Waals surface area contributed by atoms with Gasteiger partial charge in [-0.1, -0.05) is 0 Å². The fourth-order valence-electron chi connectivity index (χ4n) is 2.02. The van der Waals surface area contributed by atoms with E-state index in [4.69, 9.17) is 0 Å². The van der Waals surface area contributed by atoms with Gasteiger partial charge in [0.1, 0.15) is 11.7 Å². The van der Waals surface area contributed by atoms with Crippen LogP contribution in [-0.2, 0) is 9.59 Å². The molecule has 1 atom stereocenters. The minimum atomic E-state index is -0.614. The molecule has 0 saturated carbocycles. The second-order valence-electron chi connectivity index (χ2n) is 4.45. The highest BCUT2D eigenvalue weighted by atomic mass is 127. The fraction of sp³-hybridized carbons (Fsp3) is 0.333. The van der Waals surface area contributed by atoms with Gasteiger partial charge >= 0.3 is 0 Å². The summed E-state index contributed by atoms with van der Waals surface area (Å²) in [4.78, 5) is 34.9. The molecular formula is C12H12IN3O4. The third kappa shape index (κ3) is 2.89. The van der Waals surface area contributed by atoms with Crippen molar-refractivity contribution in [3.05, 3.63) is 31.9 Å². The number of amides is 2. The van der Waals surface area contributed by atoms with Crippen LogP contribution in [0.1, 0.15) is 12.8 Å². The molecule has 1 aromatic rings. The van der Waals surface area contributed by atoms with Gasteiger partial charge in [-0.15, -0.1) is 0 Å². The van der Waals surface area contributed by atoms with E-state index in [-0.39, 0.29) is 29.6 Å². The van der Waals surface area contributed by atoms with Crippen molar-refractivity contribution in [2.75, 3.05) is 12.4 Å². The number of imide groups is 1. The average molecular weight is 389 g/mol. The average Bonchev–Trinajstić information content (AvgIpc) is 2.41. The van der Waals surface area contributed by atoms with E-state index in [1.807, 2.05) is 22.6 Å². The number of nitrogens with one attached hydrogen (secondary N) is 1. The van der Waals surface area contributed by atoms with Crippen LogP contribution in [0.4, 0.5) is 11.4 Å². The van der Waals surface area contributed by atoms with E-state index in [0.717, 1.165) is 8.47 Å². The highest BCUT2D eigenvalue weighted by Gasteiger charge is 2.32. The van der Waals surface area contributed by atoms with E-state index in [9.17, 15) is 19.7 Å². The van der Waals surface area contributed by atoms with E-state index in [1.165, 1.54) is 13.1 Å². The molecule has 1 unspecified atom stereocenters. The summed E-state index contributed by atoms with van der Waals surface area (Å²) in [7, 11) is 1.42. The van der Waals surface area contributed by atoms with Crippen molar-refractivity contribution < 1.29 is 14.5 Å². The van der Waals surface area contributed by atoms with E-state index in [0.29, 0.717) is 6.42 Å². The molecule has 106 valence electrons. The number of carbonyl (C=O) groups is 2. The van der Waals surface area contributed by atoms with Crippen LogP contribution in [0.2, 0.25) is 0 Å². The topological polar surface area (TPSA) is 92.6 Å². The van der Waals surface area contributed by atoms with Crippen LogP contribution in [0.15, 0.2) is 18.2 Å². The van der Waals surface area contributed by atoms with Crippen LogP contribution in [-0.4, -0.2) is 34.7 Å². The molecule has 2 rings (SSSR count). The number of benzene rings is 1. The minimum absolute atomic E-state index is 0.0794. The van der Waals surface area contributed by atoms with Crippen molar-refractivity contribution in [2.24, 2.45) is 0 Å². The number of nitro benzene ring substituents is 1. The number of anilines is 1. The standard InChI is InChI=1S/C12H12IN3O4/c1-15-11(17)5-4-9(12(15)18)14-8-3-2-7(13)6-10(8)16(19)20/h2-3,6,9,14H,4-5H2,1H3. The lowest BCUT2D eigenvalue weighted by atomic mass is 10.0. The zero-order valence-corrected chi connectivity index (χ0v) is 12.8. The number of hydrogen-bond donors (Lipinski definition) is 1.